The number of rotatable bonds is 4. The minimum Gasteiger partial charge on any atom is -0.478 e. The highest BCUT2D eigenvalue weighted by molar-refractivity contribution is 7.99. The van der Waals surface area contributed by atoms with E-state index in [0.717, 1.165) is 18.5 Å². The molecule has 1 fully saturated rings. The van der Waals surface area contributed by atoms with Gasteiger partial charge in [-0.2, -0.15) is 0 Å². The molecule has 1 saturated carbocycles. The SMILES string of the molecule is Cc1cc(Sc2nnnn2C2CCCC2)c(C(=O)O)cn1. The van der Waals surface area contributed by atoms with E-state index in [-0.39, 0.29) is 5.56 Å². The quantitative estimate of drug-likeness (QED) is 0.926. The lowest BCUT2D eigenvalue weighted by Gasteiger charge is -2.11. The number of aryl methyl sites for hydroxylation is 1. The van der Waals surface area contributed by atoms with Crippen LogP contribution in [0.2, 0.25) is 0 Å². The largest absolute Gasteiger partial charge is 0.478 e. The van der Waals surface area contributed by atoms with Gasteiger partial charge < -0.3 is 5.11 Å². The lowest BCUT2D eigenvalue weighted by Crippen LogP contribution is -2.09. The Bertz CT molecular complexity index is 666. The van der Waals surface area contributed by atoms with Gasteiger partial charge in [-0.25, -0.2) is 9.48 Å². The number of carboxylic acids is 1. The Hall–Kier alpha value is -1.96. The monoisotopic (exact) mass is 305 g/mol. The van der Waals surface area contributed by atoms with E-state index >= 15 is 0 Å². The third kappa shape index (κ3) is 2.90. The molecule has 1 aliphatic carbocycles. The smallest absolute Gasteiger partial charge is 0.338 e. The molecule has 21 heavy (non-hydrogen) atoms. The lowest BCUT2D eigenvalue weighted by atomic mass is 10.2. The zero-order valence-electron chi connectivity index (χ0n) is 11.6. The van der Waals surface area contributed by atoms with Gasteiger partial charge in [0.05, 0.1) is 11.6 Å². The number of hydrogen-bond donors (Lipinski definition) is 1. The maximum atomic E-state index is 11.3. The Labute approximate surface area is 125 Å². The van der Waals surface area contributed by atoms with Gasteiger partial charge in [0, 0.05) is 16.8 Å². The van der Waals surface area contributed by atoms with Crippen molar-refractivity contribution in [2.45, 2.75) is 48.7 Å². The van der Waals surface area contributed by atoms with E-state index in [1.807, 2.05) is 11.6 Å². The molecule has 0 bridgehead atoms. The van der Waals surface area contributed by atoms with Crippen LogP contribution in [0.1, 0.15) is 47.8 Å². The standard InChI is InChI=1S/C13H15N5O2S/c1-8-6-11(10(7-14-8)12(19)20)21-13-15-16-17-18(13)9-4-2-3-5-9/h6-7,9H,2-5H2,1H3,(H,19,20). The van der Waals surface area contributed by atoms with E-state index in [0.29, 0.717) is 16.1 Å². The first-order valence-electron chi connectivity index (χ1n) is 6.81. The van der Waals surface area contributed by atoms with Crippen LogP contribution in [0.3, 0.4) is 0 Å². The summed E-state index contributed by atoms with van der Waals surface area (Å²) in [4.78, 5) is 15.9. The Kier molecular flexibility index (Phi) is 3.87. The van der Waals surface area contributed by atoms with E-state index in [2.05, 4.69) is 20.5 Å². The Morgan fingerprint density at radius 3 is 2.90 bits per heavy atom. The molecular weight excluding hydrogens is 290 g/mol. The second kappa shape index (κ2) is 5.80. The summed E-state index contributed by atoms with van der Waals surface area (Å²) in [6.45, 7) is 1.83. The maximum Gasteiger partial charge on any atom is 0.338 e. The number of pyridine rings is 1. The Morgan fingerprint density at radius 2 is 2.19 bits per heavy atom. The Balaban J connectivity index is 1.92. The van der Waals surface area contributed by atoms with Crippen LogP contribution in [0.15, 0.2) is 22.3 Å². The fourth-order valence-electron chi connectivity index (χ4n) is 2.51. The third-order valence-electron chi connectivity index (χ3n) is 3.57. The van der Waals surface area contributed by atoms with Crippen molar-refractivity contribution >= 4 is 17.7 Å². The number of tetrazole rings is 1. The summed E-state index contributed by atoms with van der Waals surface area (Å²) in [6, 6.07) is 2.07. The molecule has 110 valence electrons. The van der Waals surface area contributed by atoms with Gasteiger partial charge in [0.2, 0.25) is 5.16 Å². The molecule has 1 N–H and O–H groups in total. The summed E-state index contributed by atoms with van der Waals surface area (Å²) >= 11 is 1.28. The van der Waals surface area contributed by atoms with Crippen molar-refractivity contribution in [3.05, 3.63) is 23.5 Å². The number of aromatic carboxylic acids is 1. The molecule has 0 spiro atoms. The summed E-state index contributed by atoms with van der Waals surface area (Å²) in [6.07, 6.45) is 5.88. The van der Waals surface area contributed by atoms with Crippen LogP contribution < -0.4 is 0 Å². The zero-order chi connectivity index (χ0) is 14.8. The zero-order valence-corrected chi connectivity index (χ0v) is 12.4. The third-order valence-corrected chi connectivity index (χ3v) is 4.58. The number of carboxylic acid groups (broad SMARTS) is 1. The molecular formula is C13H15N5O2S. The highest BCUT2D eigenvalue weighted by Crippen LogP contribution is 2.34. The molecule has 0 amide bonds. The van der Waals surface area contributed by atoms with Gasteiger partial charge in [-0.3, -0.25) is 4.98 Å². The number of carbonyl (C=O) groups is 1. The van der Waals surface area contributed by atoms with Gasteiger partial charge in [0.1, 0.15) is 0 Å². The number of aromatic nitrogens is 5. The highest BCUT2D eigenvalue weighted by Gasteiger charge is 2.23. The van der Waals surface area contributed by atoms with Crippen LogP contribution in [0, 0.1) is 6.92 Å². The first kappa shape index (κ1) is 14.0. The maximum absolute atomic E-state index is 11.3. The molecule has 0 radical (unpaired) electrons. The summed E-state index contributed by atoms with van der Waals surface area (Å²) < 4.78 is 1.82. The van der Waals surface area contributed by atoms with Crippen molar-refractivity contribution in [3.63, 3.8) is 0 Å². The van der Waals surface area contributed by atoms with Crippen LogP contribution >= 0.6 is 11.8 Å². The first-order valence-corrected chi connectivity index (χ1v) is 7.62. The molecule has 1 aliphatic rings. The van der Waals surface area contributed by atoms with Crippen LogP contribution in [-0.4, -0.2) is 36.3 Å². The van der Waals surface area contributed by atoms with Gasteiger partial charge in [-0.15, -0.1) is 5.10 Å². The van der Waals surface area contributed by atoms with Crippen LogP contribution in [0.4, 0.5) is 0 Å². The van der Waals surface area contributed by atoms with E-state index in [9.17, 15) is 9.90 Å². The van der Waals surface area contributed by atoms with Gasteiger partial charge in [0.15, 0.2) is 0 Å². The fraction of sp³-hybridized carbons (Fsp3) is 0.462. The minimum absolute atomic E-state index is 0.173. The molecule has 0 atom stereocenters. The van der Waals surface area contributed by atoms with E-state index in [4.69, 9.17) is 0 Å². The van der Waals surface area contributed by atoms with Crippen LogP contribution in [-0.2, 0) is 0 Å². The Morgan fingerprint density at radius 1 is 1.43 bits per heavy atom. The summed E-state index contributed by atoms with van der Waals surface area (Å²) in [5.74, 6) is -0.995. The average molecular weight is 305 g/mol. The topological polar surface area (TPSA) is 93.8 Å². The van der Waals surface area contributed by atoms with Crippen molar-refractivity contribution in [2.24, 2.45) is 0 Å². The molecule has 0 aromatic carbocycles. The predicted molar refractivity (Wildman–Crippen MR) is 75.4 cm³/mol. The second-order valence-electron chi connectivity index (χ2n) is 5.07. The van der Waals surface area contributed by atoms with Crippen molar-refractivity contribution in [2.75, 3.05) is 0 Å². The molecule has 2 heterocycles. The summed E-state index contributed by atoms with van der Waals surface area (Å²) in [5.41, 5.74) is 0.939. The minimum atomic E-state index is -0.995. The molecule has 0 aliphatic heterocycles. The van der Waals surface area contributed by atoms with Gasteiger partial charge in [0.25, 0.3) is 0 Å². The normalized spacial score (nSPS) is 15.5. The van der Waals surface area contributed by atoms with Crippen molar-refractivity contribution < 1.29 is 9.90 Å². The van der Waals surface area contributed by atoms with Crippen molar-refractivity contribution in [1.29, 1.82) is 0 Å². The molecule has 0 unspecified atom stereocenters. The summed E-state index contributed by atoms with van der Waals surface area (Å²) in [5, 5.41) is 21.7. The predicted octanol–water partition coefficient (Wildman–Crippen LogP) is 2.34. The first-order chi connectivity index (χ1) is 10.1. The van der Waals surface area contributed by atoms with Gasteiger partial charge >= 0.3 is 5.97 Å². The molecule has 3 rings (SSSR count). The molecule has 0 saturated heterocycles. The second-order valence-corrected chi connectivity index (χ2v) is 6.08. The highest BCUT2D eigenvalue weighted by atomic mass is 32.2. The molecule has 2 aromatic heterocycles. The molecule has 7 nitrogen and oxygen atoms in total. The van der Waals surface area contributed by atoms with Crippen LogP contribution in [0.25, 0.3) is 0 Å². The van der Waals surface area contributed by atoms with Gasteiger partial charge in [-0.05, 0) is 48.0 Å². The van der Waals surface area contributed by atoms with Crippen molar-refractivity contribution in [3.8, 4) is 0 Å². The molecule has 2 aromatic rings. The van der Waals surface area contributed by atoms with Crippen molar-refractivity contribution in [1.82, 2.24) is 25.2 Å². The summed E-state index contributed by atoms with van der Waals surface area (Å²) in [7, 11) is 0. The lowest BCUT2D eigenvalue weighted by molar-refractivity contribution is 0.0692. The van der Waals surface area contributed by atoms with E-state index in [1.165, 1.54) is 30.8 Å². The fourth-order valence-corrected chi connectivity index (χ4v) is 3.54. The van der Waals surface area contributed by atoms with E-state index in [1.54, 1.807) is 6.07 Å². The average Bonchev–Trinajstić information content (AvgIpc) is 3.08. The number of hydrogen-bond acceptors (Lipinski definition) is 6. The number of nitrogens with zero attached hydrogens (tertiary/aromatic N) is 5. The molecule has 8 heteroatoms. The van der Waals surface area contributed by atoms with Crippen LogP contribution in [0.5, 0.6) is 0 Å². The van der Waals surface area contributed by atoms with Gasteiger partial charge in [-0.1, -0.05) is 12.8 Å². The van der Waals surface area contributed by atoms with E-state index < -0.39 is 5.97 Å².